The van der Waals surface area contributed by atoms with Crippen LogP contribution in [0.1, 0.15) is 17.3 Å². The molecule has 1 unspecified atom stereocenters. The predicted octanol–water partition coefficient (Wildman–Crippen LogP) is 1.75. The summed E-state index contributed by atoms with van der Waals surface area (Å²) in [7, 11) is 1.66. The van der Waals surface area contributed by atoms with E-state index in [9.17, 15) is 0 Å². The predicted molar refractivity (Wildman–Crippen MR) is 67.2 cm³/mol. The van der Waals surface area contributed by atoms with E-state index >= 15 is 0 Å². The van der Waals surface area contributed by atoms with Gasteiger partial charge in [-0.15, -0.1) is 0 Å². The SMILES string of the molecule is COc1cccc(C(CN)n2ccc(C)n2)c1. The number of benzene rings is 1. The van der Waals surface area contributed by atoms with Crippen molar-refractivity contribution in [3.05, 3.63) is 47.8 Å². The number of hydrogen-bond acceptors (Lipinski definition) is 3. The molecule has 2 N–H and O–H groups in total. The highest BCUT2D eigenvalue weighted by Gasteiger charge is 2.13. The molecule has 0 aliphatic carbocycles. The van der Waals surface area contributed by atoms with Gasteiger partial charge in [0.05, 0.1) is 18.8 Å². The van der Waals surface area contributed by atoms with Gasteiger partial charge in [0.1, 0.15) is 5.75 Å². The zero-order valence-corrected chi connectivity index (χ0v) is 10.1. The van der Waals surface area contributed by atoms with Crippen molar-refractivity contribution in [2.75, 3.05) is 13.7 Å². The van der Waals surface area contributed by atoms with Gasteiger partial charge < -0.3 is 10.5 Å². The Morgan fingerprint density at radius 1 is 1.41 bits per heavy atom. The Morgan fingerprint density at radius 2 is 2.24 bits per heavy atom. The highest BCUT2D eigenvalue weighted by Crippen LogP contribution is 2.21. The minimum Gasteiger partial charge on any atom is -0.497 e. The van der Waals surface area contributed by atoms with E-state index in [4.69, 9.17) is 10.5 Å². The molecule has 0 saturated carbocycles. The molecule has 0 bridgehead atoms. The van der Waals surface area contributed by atoms with Crippen LogP contribution in [-0.2, 0) is 0 Å². The second-order valence-corrected chi connectivity index (χ2v) is 3.97. The lowest BCUT2D eigenvalue weighted by molar-refractivity contribution is 0.412. The maximum atomic E-state index is 5.84. The Balaban J connectivity index is 2.34. The fourth-order valence-electron chi connectivity index (χ4n) is 1.85. The van der Waals surface area contributed by atoms with E-state index in [-0.39, 0.29) is 6.04 Å². The number of aromatic nitrogens is 2. The average molecular weight is 231 g/mol. The van der Waals surface area contributed by atoms with Crippen LogP contribution in [0.5, 0.6) is 5.75 Å². The van der Waals surface area contributed by atoms with Gasteiger partial charge in [0, 0.05) is 12.7 Å². The average Bonchev–Trinajstić information content (AvgIpc) is 2.77. The summed E-state index contributed by atoms with van der Waals surface area (Å²) in [6, 6.07) is 9.95. The molecule has 2 rings (SSSR count). The van der Waals surface area contributed by atoms with Gasteiger partial charge >= 0.3 is 0 Å². The summed E-state index contributed by atoms with van der Waals surface area (Å²) >= 11 is 0. The van der Waals surface area contributed by atoms with Gasteiger partial charge in [-0.25, -0.2) is 0 Å². The number of ether oxygens (including phenoxy) is 1. The molecular weight excluding hydrogens is 214 g/mol. The maximum absolute atomic E-state index is 5.84. The van der Waals surface area contributed by atoms with Crippen molar-refractivity contribution >= 4 is 0 Å². The topological polar surface area (TPSA) is 53.1 Å². The lowest BCUT2D eigenvalue weighted by atomic mass is 10.1. The van der Waals surface area contributed by atoms with Crippen LogP contribution in [0.4, 0.5) is 0 Å². The molecular formula is C13H17N3O. The van der Waals surface area contributed by atoms with Crippen molar-refractivity contribution in [1.29, 1.82) is 0 Å². The molecule has 2 aromatic rings. The van der Waals surface area contributed by atoms with E-state index in [0.717, 1.165) is 17.0 Å². The van der Waals surface area contributed by atoms with E-state index in [2.05, 4.69) is 5.10 Å². The molecule has 0 aliphatic heterocycles. The maximum Gasteiger partial charge on any atom is 0.119 e. The second kappa shape index (κ2) is 5.01. The van der Waals surface area contributed by atoms with E-state index in [1.54, 1.807) is 7.11 Å². The Bertz CT molecular complexity index is 493. The summed E-state index contributed by atoms with van der Waals surface area (Å²) < 4.78 is 7.11. The van der Waals surface area contributed by atoms with Crippen molar-refractivity contribution < 1.29 is 4.74 Å². The zero-order valence-electron chi connectivity index (χ0n) is 10.1. The van der Waals surface area contributed by atoms with Crippen LogP contribution in [0.15, 0.2) is 36.5 Å². The minimum absolute atomic E-state index is 0.0544. The monoisotopic (exact) mass is 231 g/mol. The van der Waals surface area contributed by atoms with Crippen molar-refractivity contribution in [1.82, 2.24) is 9.78 Å². The summed E-state index contributed by atoms with van der Waals surface area (Å²) in [5, 5.41) is 4.41. The van der Waals surface area contributed by atoms with Crippen LogP contribution in [0.25, 0.3) is 0 Å². The standard InChI is InChI=1S/C13H17N3O/c1-10-6-7-16(15-10)13(9-14)11-4-3-5-12(8-11)17-2/h3-8,13H,9,14H2,1-2H3. The van der Waals surface area contributed by atoms with Gasteiger partial charge in [0.15, 0.2) is 0 Å². The molecule has 4 nitrogen and oxygen atoms in total. The van der Waals surface area contributed by atoms with Crippen molar-refractivity contribution in [2.24, 2.45) is 5.73 Å². The van der Waals surface area contributed by atoms with Crippen molar-refractivity contribution in [3.63, 3.8) is 0 Å². The van der Waals surface area contributed by atoms with Crippen LogP contribution in [0.2, 0.25) is 0 Å². The summed E-state index contributed by atoms with van der Waals surface area (Å²) in [6.45, 7) is 2.48. The van der Waals surface area contributed by atoms with Crippen LogP contribution in [-0.4, -0.2) is 23.4 Å². The molecule has 1 heterocycles. The molecule has 0 radical (unpaired) electrons. The summed E-state index contributed by atoms with van der Waals surface area (Å²) in [4.78, 5) is 0. The first-order valence-corrected chi connectivity index (χ1v) is 5.60. The molecule has 0 spiro atoms. The normalized spacial score (nSPS) is 12.4. The van der Waals surface area contributed by atoms with Gasteiger partial charge in [-0.05, 0) is 30.7 Å². The number of nitrogens with two attached hydrogens (primary N) is 1. The zero-order chi connectivity index (χ0) is 12.3. The first-order valence-electron chi connectivity index (χ1n) is 5.60. The first kappa shape index (κ1) is 11.7. The lowest BCUT2D eigenvalue weighted by Crippen LogP contribution is -2.21. The molecule has 0 fully saturated rings. The van der Waals surface area contributed by atoms with Gasteiger partial charge in [0.25, 0.3) is 0 Å². The highest BCUT2D eigenvalue weighted by molar-refractivity contribution is 5.31. The van der Waals surface area contributed by atoms with E-state index in [1.165, 1.54) is 0 Å². The van der Waals surface area contributed by atoms with Gasteiger partial charge in [0.2, 0.25) is 0 Å². The lowest BCUT2D eigenvalue weighted by Gasteiger charge is -2.16. The Hall–Kier alpha value is -1.81. The largest absolute Gasteiger partial charge is 0.497 e. The van der Waals surface area contributed by atoms with Crippen LogP contribution >= 0.6 is 0 Å². The van der Waals surface area contributed by atoms with E-state index in [0.29, 0.717) is 6.54 Å². The smallest absolute Gasteiger partial charge is 0.119 e. The summed E-state index contributed by atoms with van der Waals surface area (Å²) in [6.07, 6.45) is 1.95. The van der Waals surface area contributed by atoms with E-state index in [1.807, 2.05) is 48.1 Å². The minimum atomic E-state index is 0.0544. The molecule has 0 saturated heterocycles. The third-order valence-electron chi connectivity index (χ3n) is 2.76. The molecule has 4 heteroatoms. The third-order valence-corrected chi connectivity index (χ3v) is 2.76. The number of hydrogen-bond donors (Lipinski definition) is 1. The molecule has 0 aliphatic rings. The molecule has 17 heavy (non-hydrogen) atoms. The molecule has 90 valence electrons. The van der Waals surface area contributed by atoms with Crippen LogP contribution < -0.4 is 10.5 Å². The Kier molecular flexibility index (Phi) is 3.44. The molecule has 1 aromatic carbocycles. The highest BCUT2D eigenvalue weighted by atomic mass is 16.5. The first-order chi connectivity index (χ1) is 8.24. The summed E-state index contributed by atoms with van der Waals surface area (Å²) in [5.41, 5.74) is 7.93. The van der Waals surface area contributed by atoms with E-state index < -0.39 is 0 Å². The molecule has 1 atom stereocenters. The summed E-state index contributed by atoms with van der Waals surface area (Å²) in [5.74, 6) is 0.838. The number of methoxy groups -OCH3 is 1. The Morgan fingerprint density at radius 3 is 2.82 bits per heavy atom. The fraction of sp³-hybridized carbons (Fsp3) is 0.308. The number of rotatable bonds is 4. The third kappa shape index (κ3) is 2.47. The van der Waals surface area contributed by atoms with Crippen molar-refractivity contribution in [2.45, 2.75) is 13.0 Å². The number of nitrogens with zero attached hydrogens (tertiary/aromatic N) is 2. The molecule has 1 aromatic heterocycles. The quantitative estimate of drug-likeness (QED) is 0.872. The van der Waals surface area contributed by atoms with Gasteiger partial charge in [-0.1, -0.05) is 12.1 Å². The fourth-order valence-corrected chi connectivity index (χ4v) is 1.85. The van der Waals surface area contributed by atoms with Gasteiger partial charge in [-0.2, -0.15) is 5.10 Å². The Labute approximate surface area is 101 Å². The van der Waals surface area contributed by atoms with Crippen LogP contribution in [0, 0.1) is 6.92 Å². The van der Waals surface area contributed by atoms with Crippen molar-refractivity contribution in [3.8, 4) is 5.75 Å². The number of aryl methyl sites for hydroxylation is 1. The van der Waals surface area contributed by atoms with Crippen LogP contribution in [0.3, 0.4) is 0 Å². The second-order valence-electron chi connectivity index (χ2n) is 3.97. The van der Waals surface area contributed by atoms with Gasteiger partial charge in [-0.3, -0.25) is 4.68 Å². The molecule has 0 amide bonds.